The fraction of sp³-hybridized carbons (Fsp3) is 0.294. The zero-order valence-corrected chi connectivity index (χ0v) is 13.3. The summed E-state index contributed by atoms with van der Waals surface area (Å²) in [4.78, 5) is 4.85. The van der Waals surface area contributed by atoms with Crippen LogP contribution in [0.15, 0.2) is 24.4 Å². The molecule has 1 atom stereocenters. The quantitative estimate of drug-likeness (QED) is 0.679. The number of aryl methyl sites for hydroxylation is 1. The standard InChI is InChI=1S/C17H17FN2OS/c1-4-13-8-14-9-15(7-11(2)16(14)20-10-13)21-12(3)17(22)19-6-5-18/h1,7-10,12H,5-6H2,2-3H3,(H,19,22). The normalized spacial score (nSPS) is 11.7. The molecule has 1 aromatic heterocycles. The Kier molecular flexibility index (Phi) is 5.29. The summed E-state index contributed by atoms with van der Waals surface area (Å²) in [5, 5.41) is 3.73. The Hall–Kier alpha value is -2.19. The number of terminal acetylenes is 1. The first-order valence-electron chi connectivity index (χ1n) is 6.92. The first kappa shape index (κ1) is 16.2. The van der Waals surface area contributed by atoms with Crippen molar-refractivity contribution >= 4 is 28.1 Å². The molecule has 0 saturated carbocycles. The number of aromatic nitrogens is 1. The third-order valence-corrected chi connectivity index (χ3v) is 3.67. The highest BCUT2D eigenvalue weighted by Gasteiger charge is 2.11. The van der Waals surface area contributed by atoms with E-state index < -0.39 is 6.67 Å². The van der Waals surface area contributed by atoms with Crippen molar-refractivity contribution in [3.8, 4) is 18.1 Å². The van der Waals surface area contributed by atoms with Gasteiger partial charge in [-0.15, -0.1) is 6.42 Å². The van der Waals surface area contributed by atoms with Crippen molar-refractivity contribution in [3.05, 3.63) is 35.5 Å². The molecule has 0 aliphatic heterocycles. The van der Waals surface area contributed by atoms with Crippen molar-refractivity contribution in [2.75, 3.05) is 13.2 Å². The van der Waals surface area contributed by atoms with Crippen molar-refractivity contribution < 1.29 is 9.13 Å². The lowest BCUT2D eigenvalue weighted by Gasteiger charge is -2.17. The van der Waals surface area contributed by atoms with E-state index >= 15 is 0 Å². The molecule has 0 amide bonds. The van der Waals surface area contributed by atoms with Gasteiger partial charge >= 0.3 is 0 Å². The van der Waals surface area contributed by atoms with E-state index in [1.54, 1.807) is 6.20 Å². The molecule has 1 unspecified atom stereocenters. The number of alkyl halides is 1. The molecule has 0 saturated heterocycles. The average Bonchev–Trinajstić information content (AvgIpc) is 2.51. The van der Waals surface area contributed by atoms with Gasteiger partial charge in [0.25, 0.3) is 0 Å². The molecule has 2 aromatic rings. The van der Waals surface area contributed by atoms with Crippen LogP contribution in [0.2, 0.25) is 0 Å². The Labute approximate surface area is 134 Å². The number of nitrogens with one attached hydrogen (secondary N) is 1. The third-order valence-electron chi connectivity index (χ3n) is 3.19. The number of benzene rings is 1. The molecule has 2 rings (SSSR count). The van der Waals surface area contributed by atoms with E-state index in [0.29, 0.717) is 10.7 Å². The summed E-state index contributed by atoms with van der Waals surface area (Å²) in [6, 6.07) is 5.68. The predicted molar refractivity (Wildman–Crippen MR) is 91.1 cm³/mol. The molecule has 0 radical (unpaired) electrons. The first-order chi connectivity index (χ1) is 10.5. The van der Waals surface area contributed by atoms with Gasteiger partial charge in [-0.05, 0) is 37.6 Å². The number of halogens is 1. The van der Waals surface area contributed by atoms with Gasteiger partial charge in [0, 0.05) is 23.7 Å². The van der Waals surface area contributed by atoms with Crippen molar-refractivity contribution in [2.45, 2.75) is 20.0 Å². The van der Waals surface area contributed by atoms with Crippen molar-refractivity contribution in [1.29, 1.82) is 0 Å². The second kappa shape index (κ2) is 7.19. The maximum absolute atomic E-state index is 12.2. The zero-order chi connectivity index (χ0) is 16.1. The molecule has 0 aliphatic rings. The molecule has 1 N–H and O–H groups in total. The fourth-order valence-corrected chi connectivity index (χ4v) is 2.27. The Balaban J connectivity index is 2.25. The van der Waals surface area contributed by atoms with E-state index in [9.17, 15) is 4.39 Å². The summed E-state index contributed by atoms with van der Waals surface area (Å²) in [6.45, 7) is 3.51. The number of fused-ring (bicyclic) bond motifs is 1. The summed E-state index contributed by atoms with van der Waals surface area (Å²) < 4.78 is 18.0. The zero-order valence-electron chi connectivity index (χ0n) is 12.5. The van der Waals surface area contributed by atoms with Gasteiger partial charge in [0.15, 0.2) is 0 Å². The monoisotopic (exact) mass is 316 g/mol. The second-order valence-corrected chi connectivity index (χ2v) is 5.36. The van der Waals surface area contributed by atoms with Crippen molar-refractivity contribution in [2.24, 2.45) is 0 Å². The van der Waals surface area contributed by atoms with Crippen LogP contribution in [0.4, 0.5) is 4.39 Å². The van der Waals surface area contributed by atoms with E-state index in [1.807, 2.05) is 32.0 Å². The minimum absolute atomic E-state index is 0.193. The smallest absolute Gasteiger partial charge is 0.146 e. The molecular weight excluding hydrogens is 299 g/mol. The third kappa shape index (κ3) is 3.71. The van der Waals surface area contributed by atoms with Gasteiger partial charge in [0.05, 0.1) is 5.52 Å². The number of hydrogen-bond donors (Lipinski definition) is 1. The largest absolute Gasteiger partial charge is 0.484 e. The SMILES string of the molecule is C#Cc1cnc2c(C)cc(OC(C)C(=S)NCCF)cc2c1. The van der Waals surface area contributed by atoms with E-state index in [1.165, 1.54) is 0 Å². The van der Waals surface area contributed by atoms with Gasteiger partial charge in [0.1, 0.15) is 23.5 Å². The van der Waals surface area contributed by atoms with Crippen molar-refractivity contribution in [3.63, 3.8) is 0 Å². The summed E-state index contributed by atoms with van der Waals surface area (Å²) >= 11 is 5.17. The lowest BCUT2D eigenvalue weighted by molar-refractivity contribution is 0.285. The summed E-state index contributed by atoms with van der Waals surface area (Å²) in [5.41, 5.74) is 2.60. The molecular formula is C17H17FN2OS. The number of pyridine rings is 1. The number of rotatable bonds is 5. The van der Waals surface area contributed by atoms with Crippen LogP contribution in [0.3, 0.4) is 0 Å². The minimum Gasteiger partial charge on any atom is -0.484 e. The van der Waals surface area contributed by atoms with Crippen LogP contribution in [0.5, 0.6) is 5.75 Å². The maximum atomic E-state index is 12.2. The second-order valence-electron chi connectivity index (χ2n) is 4.92. The topological polar surface area (TPSA) is 34.1 Å². The Morgan fingerprint density at radius 2 is 2.27 bits per heavy atom. The van der Waals surface area contributed by atoms with E-state index in [4.69, 9.17) is 23.4 Å². The Morgan fingerprint density at radius 3 is 2.95 bits per heavy atom. The average molecular weight is 316 g/mol. The Bertz CT molecular complexity index is 739. The minimum atomic E-state index is -0.470. The predicted octanol–water partition coefficient (Wildman–Crippen LogP) is 3.18. The van der Waals surface area contributed by atoms with Gasteiger partial charge in [0.2, 0.25) is 0 Å². The van der Waals surface area contributed by atoms with Crippen LogP contribution >= 0.6 is 12.2 Å². The van der Waals surface area contributed by atoms with Crippen molar-refractivity contribution in [1.82, 2.24) is 10.3 Å². The van der Waals surface area contributed by atoms with Gasteiger partial charge < -0.3 is 10.1 Å². The van der Waals surface area contributed by atoms with E-state index in [0.717, 1.165) is 22.0 Å². The van der Waals surface area contributed by atoms with Gasteiger partial charge in [-0.1, -0.05) is 18.1 Å². The molecule has 114 valence electrons. The van der Waals surface area contributed by atoms with Crippen LogP contribution in [-0.4, -0.2) is 29.3 Å². The molecule has 1 heterocycles. The van der Waals surface area contributed by atoms with E-state index in [2.05, 4.69) is 16.2 Å². The molecule has 0 aliphatic carbocycles. The first-order valence-corrected chi connectivity index (χ1v) is 7.33. The fourth-order valence-electron chi connectivity index (χ4n) is 2.12. The number of hydrogen-bond acceptors (Lipinski definition) is 3. The van der Waals surface area contributed by atoms with Crippen LogP contribution in [0, 0.1) is 19.3 Å². The lowest BCUT2D eigenvalue weighted by atomic mass is 10.1. The highest BCUT2D eigenvalue weighted by molar-refractivity contribution is 7.80. The van der Waals surface area contributed by atoms with Crippen LogP contribution in [0.25, 0.3) is 10.9 Å². The maximum Gasteiger partial charge on any atom is 0.146 e. The van der Waals surface area contributed by atoms with Crippen LogP contribution in [-0.2, 0) is 0 Å². The highest BCUT2D eigenvalue weighted by Crippen LogP contribution is 2.25. The Morgan fingerprint density at radius 1 is 1.50 bits per heavy atom. The summed E-state index contributed by atoms with van der Waals surface area (Å²) in [7, 11) is 0. The van der Waals surface area contributed by atoms with Gasteiger partial charge in [-0.3, -0.25) is 4.98 Å². The molecule has 0 fully saturated rings. The molecule has 22 heavy (non-hydrogen) atoms. The van der Waals surface area contributed by atoms with E-state index in [-0.39, 0.29) is 12.6 Å². The summed E-state index contributed by atoms with van der Waals surface area (Å²) in [6.07, 6.45) is 6.74. The van der Waals surface area contributed by atoms with Crippen LogP contribution in [0.1, 0.15) is 18.1 Å². The highest BCUT2D eigenvalue weighted by atomic mass is 32.1. The molecule has 0 spiro atoms. The number of thiocarbonyl (C=S) groups is 1. The lowest BCUT2D eigenvalue weighted by Crippen LogP contribution is -2.35. The number of nitrogens with zero attached hydrogens (tertiary/aromatic N) is 1. The molecule has 5 heteroatoms. The summed E-state index contributed by atoms with van der Waals surface area (Å²) in [5.74, 6) is 3.25. The molecule has 3 nitrogen and oxygen atoms in total. The number of ether oxygens (including phenoxy) is 1. The van der Waals surface area contributed by atoms with Gasteiger partial charge in [-0.2, -0.15) is 0 Å². The van der Waals surface area contributed by atoms with Gasteiger partial charge in [-0.25, -0.2) is 4.39 Å². The molecule has 1 aromatic carbocycles. The van der Waals surface area contributed by atoms with Crippen LogP contribution < -0.4 is 10.1 Å². The molecule has 0 bridgehead atoms.